The lowest BCUT2D eigenvalue weighted by Gasteiger charge is -2.40. The van der Waals surface area contributed by atoms with Crippen molar-refractivity contribution in [2.75, 3.05) is 24.7 Å². The van der Waals surface area contributed by atoms with Crippen LogP contribution in [0.15, 0.2) is 47.6 Å². The highest BCUT2D eigenvalue weighted by atomic mass is 16.8. The predicted octanol–water partition coefficient (Wildman–Crippen LogP) is 0.393. The fraction of sp³-hybridized carbons (Fsp3) is 0.423. The van der Waals surface area contributed by atoms with Gasteiger partial charge in [0.25, 0.3) is 5.91 Å². The zero-order chi connectivity index (χ0) is 26.7. The zero-order valence-corrected chi connectivity index (χ0v) is 20.8. The van der Waals surface area contributed by atoms with Crippen molar-refractivity contribution in [2.45, 2.75) is 51.4 Å². The van der Waals surface area contributed by atoms with E-state index in [-0.39, 0.29) is 18.9 Å². The number of ether oxygens (including phenoxy) is 2. The number of aliphatic hydroxyl groups is 3. The van der Waals surface area contributed by atoms with Gasteiger partial charge in [0.05, 0.1) is 18.8 Å². The smallest absolute Gasteiger partial charge is 0.281 e. The van der Waals surface area contributed by atoms with Gasteiger partial charge in [-0.2, -0.15) is 0 Å². The van der Waals surface area contributed by atoms with Crippen molar-refractivity contribution in [2.24, 2.45) is 5.16 Å². The Kier molecular flexibility index (Phi) is 8.08. The number of aryl methyl sites for hydroxylation is 2. The normalized spacial score (nSPS) is 26.2. The number of nitrogens with one attached hydrogen (secondary N) is 1. The molecule has 4 N–H and O–H groups in total. The van der Waals surface area contributed by atoms with Gasteiger partial charge in [0.2, 0.25) is 12.2 Å². The maximum atomic E-state index is 13.4. The van der Waals surface area contributed by atoms with Crippen LogP contribution in [0.25, 0.3) is 0 Å². The molecule has 1 fully saturated rings. The largest absolute Gasteiger partial charge is 0.491 e. The highest BCUT2D eigenvalue weighted by Crippen LogP contribution is 2.31. The van der Waals surface area contributed by atoms with Gasteiger partial charge in [0.15, 0.2) is 5.71 Å². The Balaban J connectivity index is 1.55. The maximum Gasteiger partial charge on any atom is 0.281 e. The summed E-state index contributed by atoms with van der Waals surface area (Å²) in [7, 11) is 0. The molecule has 2 heterocycles. The molecule has 2 aromatic rings. The fourth-order valence-corrected chi connectivity index (χ4v) is 4.37. The van der Waals surface area contributed by atoms with Crippen LogP contribution in [0.3, 0.4) is 0 Å². The van der Waals surface area contributed by atoms with E-state index in [1.807, 2.05) is 50.2 Å². The van der Waals surface area contributed by atoms with E-state index in [0.29, 0.717) is 11.3 Å². The van der Waals surface area contributed by atoms with Crippen LogP contribution >= 0.6 is 0 Å². The molecule has 0 spiro atoms. The number of amides is 2. The van der Waals surface area contributed by atoms with E-state index < -0.39 is 49.1 Å². The third-order valence-electron chi connectivity index (χ3n) is 6.31. The average Bonchev–Trinajstić information content (AvgIpc) is 3.12. The van der Waals surface area contributed by atoms with Crippen LogP contribution in [0, 0.1) is 13.8 Å². The molecule has 4 rings (SSSR count). The number of hydrogen-bond acceptors (Lipinski definition) is 9. The molecular formula is C26H31N3O8. The lowest BCUT2D eigenvalue weighted by Crippen LogP contribution is -2.64. The molecule has 2 amide bonds. The standard InChI is InChI=1S/C26H31N3O8/c1-14-8-9-18-17(12-14)21(25(34)29(18)10-11-35-19-7-5-4-6-15(19)2)28-37-26-22(27-16(3)31)24(33)23(32)20(13-30)36-26/h4-9,12,20,22-24,26,30,32-33H,10-11,13H2,1-3H3,(H,27,31). The van der Waals surface area contributed by atoms with Crippen LogP contribution in [0.5, 0.6) is 5.75 Å². The highest BCUT2D eigenvalue weighted by Gasteiger charge is 2.46. The second-order valence-corrected chi connectivity index (χ2v) is 9.07. The molecule has 5 atom stereocenters. The van der Waals surface area contributed by atoms with Gasteiger partial charge in [0, 0.05) is 12.5 Å². The van der Waals surface area contributed by atoms with Crippen molar-refractivity contribution in [3.05, 3.63) is 59.2 Å². The minimum absolute atomic E-state index is 0.0147. The number of nitrogens with zero attached hydrogens (tertiary/aromatic N) is 2. The van der Waals surface area contributed by atoms with Crippen molar-refractivity contribution in [1.82, 2.24) is 5.32 Å². The summed E-state index contributed by atoms with van der Waals surface area (Å²) in [4.78, 5) is 32.1. The van der Waals surface area contributed by atoms with Crippen LogP contribution in [0.4, 0.5) is 5.69 Å². The summed E-state index contributed by atoms with van der Waals surface area (Å²) in [6.45, 7) is 4.96. The van der Waals surface area contributed by atoms with Crippen molar-refractivity contribution >= 4 is 23.2 Å². The third-order valence-corrected chi connectivity index (χ3v) is 6.31. The van der Waals surface area contributed by atoms with Gasteiger partial charge in [-0.15, -0.1) is 0 Å². The molecule has 5 unspecified atom stereocenters. The Hall–Kier alpha value is -3.51. The summed E-state index contributed by atoms with van der Waals surface area (Å²) in [6, 6.07) is 11.9. The van der Waals surface area contributed by atoms with Gasteiger partial charge >= 0.3 is 0 Å². The van der Waals surface area contributed by atoms with E-state index in [1.165, 1.54) is 11.8 Å². The lowest BCUT2D eigenvalue weighted by molar-refractivity contribution is -0.270. The molecule has 2 aliphatic heterocycles. The summed E-state index contributed by atoms with van der Waals surface area (Å²) in [5.41, 5.74) is 3.09. The second kappa shape index (κ2) is 11.3. The molecule has 0 bridgehead atoms. The third kappa shape index (κ3) is 5.59. The minimum Gasteiger partial charge on any atom is -0.491 e. The van der Waals surface area contributed by atoms with Crippen molar-refractivity contribution in [1.29, 1.82) is 0 Å². The molecule has 2 aromatic carbocycles. The van der Waals surface area contributed by atoms with Crippen molar-refractivity contribution in [3.63, 3.8) is 0 Å². The summed E-state index contributed by atoms with van der Waals surface area (Å²) in [6.07, 6.45) is -5.50. The van der Waals surface area contributed by atoms with Gasteiger partial charge in [-0.1, -0.05) is 35.0 Å². The Morgan fingerprint density at radius 1 is 1.16 bits per heavy atom. The molecule has 0 radical (unpaired) electrons. The van der Waals surface area contributed by atoms with E-state index >= 15 is 0 Å². The van der Waals surface area contributed by atoms with Gasteiger partial charge in [-0.05, 0) is 37.6 Å². The summed E-state index contributed by atoms with van der Waals surface area (Å²) >= 11 is 0. The van der Waals surface area contributed by atoms with Crippen molar-refractivity contribution in [3.8, 4) is 5.75 Å². The number of carbonyl (C=O) groups is 2. The summed E-state index contributed by atoms with van der Waals surface area (Å²) in [5.74, 6) is -0.186. The van der Waals surface area contributed by atoms with Gasteiger partial charge in [-0.25, -0.2) is 0 Å². The average molecular weight is 514 g/mol. The first-order valence-corrected chi connectivity index (χ1v) is 12.0. The molecule has 0 aromatic heterocycles. The first kappa shape index (κ1) is 26.6. The van der Waals surface area contributed by atoms with Crippen LogP contribution < -0.4 is 15.0 Å². The Labute approximate surface area is 214 Å². The first-order valence-electron chi connectivity index (χ1n) is 12.0. The number of para-hydroxylation sites is 1. The Bertz CT molecular complexity index is 1190. The Morgan fingerprint density at radius 2 is 1.92 bits per heavy atom. The SMILES string of the molecule is CC(=O)NC1C(ON=C2C(=O)N(CCOc3ccccc3C)c3ccc(C)cc32)OC(CO)C(O)C1O. The van der Waals surface area contributed by atoms with E-state index in [1.54, 1.807) is 6.07 Å². The monoisotopic (exact) mass is 513 g/mol. The van der Waals surface area contributed by atoms with Crippen LogP contribution in [0.1, 0.15) is 23.6 Å². The van der Waals surface area contributed by atoms with Crippen LogP contribution in [0.2, 0.25) is 0 Å². The molecule has 2 aliphatic rings. The topological polar surface area (TPSA) is 150 Å². The Morgan fingerprint density at radius 3 is 2.62 bits per heavy atom. The number of oxime groups is 1. The highest BCUT2D eigenvalue weighted by molar-refractivity contribution is 6.54. The zero-order valence-electron chi connectivity index (χ0n) is 20.8. The molecule has 11 heteroatoms. The van der Waals surface area contributed by atoms with Gasteiger partial charge in [-0.3, -0.25) is 9.59 Å². The number of benzene rings is 2. The van der Waals surface area contributed by atoms with Crippen LogP contribution in [-0.4, -0.2) is 83.2 Å². The van der Waals surface area contributed by atoms with Crippen molar-refractivity contribution < 1.29 is 39.2 Å². The molecular weight excluding hydrogens is 482 g/mol. The number of hydrogen-bond donors (Lipinski definition) is 4. The second-order valence-electron chi connectivity index (χ2n) is 9.07. The molecule has 0 saturated carbocycles. The number of aliphatic hydroxyl groups excluding tert-OH is 3. The molecule has 1 saturated heterocycles. The first-order chi connectivity index (χ1) is 17.7. The van der Waals surface area contributed by atoms with Gasteiger partial charge in [0.1, 0.15) is 36.7 Å². The quantitative estimate of drug-likeness (QED) is 0.371. The predicted molar refractivity (Wildman–Crippen MR) is 133 cm³/mol. The number of fused-ring (bicyclic) bond motifs is 1. The number of anilines is 1. The van der Waals surface area contributed by atoms with E-state index in [2.05, 4.69) is 10.5 Å². The fourth-order valence-electron chi connectivity index (χ4n) is 4.37. The number of rotatable bonds is 8. The molecule has 198 valence electrons. The van der Waals surface area contributed by atoms with Crippen LogP contribution in [-0.2, 0) is 19.2 Å². The number of carbonyl (C=O) groups excluding carboxylic acids is 2. The minimum atomic E-state index is -1.50. The lowest BCUT2D eigenvalue weighted by atomic mass is 9.97. The van der Waals surface area contributed by atoms with Gasteiger partial charge < -0.3 is 39.8 Å². The molecule has 11 nitrogen and oxygen atoms in total. The summed E-state index contributed by atoms with van der Waals surface area (Å²) < 4.78 is 11.4. The maximum absolute atomic E-state index is 13.4. The van der Waals surface area contributed by atoms with E-state index in [0.717, 1.165) is 16.9 Å². The molecule has 0 aliphatic carbocycles. The molecule has 37 heavy (non-hydrogen) atoms. The van der Waals surface area contributed by atoms with E-state index in [4.69, 9.17) is 14.3 Å². The van der Waals surface area contributed by atoms with E-state index in [9.17, 15) is 24.9 Å². The summed E-state index contributed by atoms with van der Waals surface area (Å²) in [5, 5.41) is 36.7.